The van der Waals surface area contributed by atoms with Gasteiger partial charge in [-0.05, 0) is 31.6 Å². The largest absolute Gasteiger partial charge is 0.396 e. The van der Waals surface area contributed by atoms with Crippen molar-refractivity contribution in [2.24, 2.45) is 10.4 Å². The number of nitrogens with one attached hydrogen (secondary N) is 3. The fraction of sp³-hybridized carbons (Fsp3) is 0.929. The lowest BCUT2D eigenvalue weighted by Gasteiger charge is -2.29. The molecule has 0 fully saturated rings. The van der Waals surface area contributed by atoms with Crippen molar-refractivity contribution in [1.29, 1.82) is 0 Å². The maximum atomic E-state index is 11.0. The molecule has 0 aromatic rings. The molecular weight excluding hydrogens is 431 g/mol. The highest BCUT2D eigenvalue weighted by atomic mass is 127. The molecule has 0 unspecified atom stereocenters. The Hall–Kier alpha value is -0.130. The molecule has 0 heterocycles. The number of hydrogen-bond acceptors (Lipinski definition) is 4. The first kappa shape index (κ1) is 25.1. The standard InChI is InChI=1S/C14H32N4O3S.HI/c1-5-14(6-2,8-11-19)12-17-13(15-7-3)16-9-10-18-22(4,20)21;/h18-19H,5-12H2,1-4H3,(H2,15,16,17);1H. The van der Waals surface area contributed by atoms with E-state index in [1.54, 1.807) is 0 Å². The molecule has 0 saturated carbocycles. The van der Waals surface area contributed by atoms with E-state index in [1.165, 1.54) is 0 Å². The van der Waals surface area contributed by atoms with Crippen LogP contribution in [0.5, 0.6) is 0 Å². The van der Waals surface area contributed by atoms with Crippen molar-refractivity contribution >= 4 is 40.0 Å². The summed E-state index contributed by atoms with van der Waals surface area (Å²) in [5.41, 5.74) is 0.0160. The molecule has 0 aliphatic carbocycles. The lowest BCUT2D eigenvalue weighted by molar-refractivity contribution is 0.175. The minimum atomic E-state index is -3.16. The molecule has 0 atom stereocenters. The molecule has 140 valence electrons. The zero-order valence-electron chi connectivity index (χ0n) is 14.7. The van der Waals surface area contributed by atoms with Gasteiger partial charge in [-0.3, -0.25) is 4.99 Å². The summed E-state index contributed by atoms with van der Waals surface area (Å²) in [5.74, 6) is 0.669. The minimum Gasteiger partial charge on any atom is -0.396 e. The van der Waals surface area contributed by atoms with E-state index in [0.717, 1.165) is 32.1 Å². The number of hydrogen-bond donors (Lipinski definition) is 4. The molecule has 0 bridgehead atoms. The number of aliphatic hydroxyl groups excluding tert-OH is 1. The summed E-state index contributed by atoms with van der Waals surface area (Å²) in [7, 11) is -3.16. The summed E-state index contributed by atoms with van der Waals surface area (Å²) in [6.45, 7) is 8.52. The highest BCUT2D eigenvalue weighted by Gasteiger charge is 2.25. The van der Waals surface area contributed by atoms with E-state index < -0.39 is 10.0 Å². The Labute approximate surface area is 158 Å². The van der Waals surface area contributed by atoms with E-state index in [0.29, 0.717) is 25.6 Å². The lowest BCUT2D eigenvalue weighted by Crippen LogP contribution is -2.42. The van der Waals surface area contributed by atoms with Crippen LogP contribution in [0.25, 0.3) is 0 Å². The summed E-state index contributed by atoms with van der Waals surface area (Å²) in [6.07, 6.45) is 3.79. The molecule has 7 nitrogen and oxygen atoms in total. The first-order chi connectivity index (χ1) is 10.3. The molecular formula is C14H33IN4O3S. The van der Waals surface area contributed by atoms with E-state index >= 15 is 0 Å². The maximum absolute atomic E-state index is 11.0. The first-order valence-electron chi connectivity index (χ1n) is 7.90. The van der Waals surface area contributed by atoms with Gasteiger partial charge in [0.15, 0.2) is 5.96 Å². The van der Waals surface area contributed by atoms with Gasteiger partial charge in [-0.1, -0.05) is 13.8 Å². The van der Waals surface area contributed by atoms with Crippen LogP contribution in [0.2, 0.25) is 0 Å². The van der Waals surface area contributed by atoms with E-state index in [-0.39, 0.29) is 36.0 Å². The van der Waals surface area contributed by atoms with Crippen LogP contribution in [0.4, 0.5) is 0 Å². The van der Waals surface area contributed by atoms with Gasteiger partial charge in [0.1, 0.15) is 0 Å². The van der Waals surface area contributed by atoms with Crippen molar-refractivity contribution in [3.8, 4) is 0 Å². The summed E-state index contributed by atoms with van der Waals surface area (Å²) < 4.78 is 24.4. The second kappa shape index (κ2) is 13.2. The molecule has 0 radical (unpaired) electrons. The van der Waals surface area contributed by atoms with Gasteiger partial charge in [-0.2, -0.15) is 0 Å². The first-order valence-corrected chi connectivity index (χ1v) is 9.79. The summed E-state index contributed by atoms with van der Waals surface area (Å²) in [5, 5.41) is 15.5. The Balaban J connectivity index is 0. The molecule has 0 saturated heterocycles. The van der Waals surface area contributed by atoms with Crippen molar-refractivity contribution in [2.45, 2.75) is 40.0 Å². The van der Waals surface area contributed by atoms with Crippen molar-refractivity contribution in [2.75, 3.05) is 39.0 Å². The van der Waals surface area contributed by atoms with Crippen LogP contribution in [0.3, 0.4) is 0 Å². The van der Waals surface area contributed by atoms with E-state index in [1.807, 2.05) is 6.92 Å². The average molecular weight is 464 g/mol. The average Bonchev–Trinajstić information content (AvgIpc) is 2.46. The Morgan fingerprint density at radius 2 is 1.74 bits per heavy atom. The highest BCUT2D eigenvalue weighted by molar-refractivity contribution is 14.0. The highest BCUT2D eigenvalue weighted by Crippen LogP contribution is 2.30. The Morgan fingerprint density at radius 1 is 1.13 bits per heavy atom. The van der Waals surface area contributed by atoms with Crippen molar-refractivity contribution in [3.63, 3.8) is 0 Å². The molecule has 9 heteroatoms. The molecule has 0 amide bonds. The van der Waals surface area contributed by atoms with Gasteiger partial charge >= 0.3 is 0 Å². The predicted molar refractivity (Wildman–Crippen MR) is 107 cm³/mol. The topological polar surface area (TPSA) is 103 Å². The van der Waals surface area contributed by atoms with Gasteiger partial charge in [0.2, 0.25) is 10.0 Å². The molecule has 0 aliphatic heterocycles. The van der Waals surface area contributed by atoms with Crippen LogP contribution in [0.1, 0.15) is 40.0 Å². The lowest BCUT2D eigenvalue weighted by atomic mass is 9.79. The SMILES string of the molecule is CCNC(=NCC(CC)(CC)CCO)NCCNS(C)(=O)=O.I. The van der Waals surface area contributed by atoms with Crippen molar-refractivity contribution in [3.05, 3.63) is 0 Å². The number of aliphatic hydroxyl groups is 1. The number of aliphatic imine (C=N–C) groups is 1. The smallest absolute Gasteiger partial charge is 0.208 e. The molecule has 0 rings (SSSR count). The second-order valence-electron chi connectivity index (χ2n) is 5.47. The Kier molecular flexibility index (Phi) is 14.4. The zero-order chi connectivity index (χ0) is 17.1. The third-order valence-corrected chi connectivity index (χ3v) is 4.57. The fourth-order valence-electron chi connectivity index (χ4n) is 2.15. The van der Waals surface area contributed by atoms with E-state index in [9.17, 15) is 13.5 Å². The molecule has 0 aromatic carbocycles. The van der Waals surface area contributed by atoms with Crippen molar-refractivity contribution < 1.29 is 13.5 Å². The summed E-state index contributed by atoms with van der Waals surface area (Å²) in [4.78, 5) is 4.59. The van der Waals surface area contributed by atoms with Gasteiger partial charge in [0.05, 0.1) is 6.26 Å². The zero-order valence-corrected chi connectivity index (χ0v) is 17.8. The van der Waals surface area contributed by atoms with Gasteiger partial charge in [-0.15, -0.1) is 24.0 Å². The van der Waals surface area contributed by atoms with E-state index in [2.05, 4.69) is 34.2 Å². The number of sulfonamides is 1. The van der Waals surface area contributed by atoms with Crippen LogP contribution >= 0.6 is 24.0 Å². The summed E-state index contributed by atoms with van der Waals surface area (Å²) in [6, 6.07) is 0. The van der Waals surface area contributed by atoms with Crippen LogP contribution in [-0.2, 0) is 10.0 Å². The van der Waals surface area contributed by atoms with Crippen LogP contribution in [-0.4, -0.2) is 58.5 Å². The van der Waals surface area contributed by atoms with Gasteiger partial charge in [0, 0.05) is 32.8 Å². The molecule has 0 spiro atoms. The van der Waals surface area contributed by atoms with Gasteiger partial charge < -0.3 is 15.7 Å². The van der Waals surface area contributed by atoms with Crippen LogP contribution < -0.4 is 15.4 Å². The Bertz CT molecular complexity index is 426. The minimum absolute atomic E-state index is 0. The molecule has 4 N–H and O–H groups in total. The van der Waals surface area contributed by atoms with Crippen LogP contribution in [0.15, 0.2) is 4.99 Å². The van der Waals surface area contributed by atoms with Gasteiger partial charge in [-0.25, -0.2) is 13.1 Å². The van der Waals surface area contributed by atoms with Crippen molar-refractivity contribution in [1.82, 2.24) is 15.4 Å². The third-order valence-electron chi connectivity index (χ3n) is 3.84. The van der Waals surface area contributed by atoms with Gasteiger partial charge in [0.25, 0.3) is 0 Å². The third kappa shape index (κ3) is 12.0. The number of halogens is 1. The number of rotatable bonds is 11. The fourth-order valence-corrected chi connectivity index (χ4v) is 2.62. The molecule has 0 aliphatic rings. The second-order valence-corrected chi connectivity index (χ2v) is 7.30. The number of nitrogens with zero attached hydrogens (tertiary/aromatic N) is 1. The predicted octanol–water partition coefficient (Wildman–Crippen LogP) is 0.898. The normalized spacial score (nSPS) is 12.7. The quantitative estimate of drug-likeness (QED) is 0.158. The maximum Gasteiger partial charge on any atom is 0.208 e. The molecule has 0 aromatic heterocycles. The van der Waals surface area contributed by atoms with Crippen LogP contribution in [0, 0.1) is 5.41 Å². The molecule has 23 heavy (non-hydrogen) atoms. The number of guanidine groups is 1. The monoisotopic (exact) mass is 464 g/mol. The Morgan fingerprint density at radius 3 is 2.17 bits per heavy atom. The van der Waals surface area contributed by atoms with E-state index in [4.69, 9.17) is 0 Å². The summed E-state index contributed by atoms with van der Waals surface area (Å²) >= 11 is 0.